The Hall–Kier alpha value is -0.590. The highest BCUT2D eigenvalue weighted by molar-refractivity contribution is 7.98. The first kappa shape index (κ1) is 15.5. The van der Waals surface area contributed by atoms with Crippen LogP contribution in [-0.2, 0) is 6.42 Å². The molecule has 1 amide bonds. The molecule has 0 aliphatic rings. The van der Waals surface area contributed by atoms with Crippen LogP contribution in [0.2, 0.25) is 0 Å². The van der Waals surface area contributed by atoms with Gasteiger partial charge in [0.25, 0.3) is 5.91 Å². The predicted molar refractivity (Wildman–Crippen MR) is 79.4 cm³/mol. The number of hydrogen-bond acceptors (Lipinski definition) is 5. The van der Waals surface area contributed by atoms with Crippen LogP contribution in [0.3, 0.4) is 0 Å². The maximum atomic E-state index is 11.7. The second-order valence-corrected chi connectivity index (χ2v) is 5.90. The second-order valence-electron chi connectivity index (χ2n) is 3.97. The summed E-state index contributed by atoms with van der Waals surface area (Å²) in [5, 5.41) is 5.63. The molecule has 0 saturated heterocycles. The van der Waals surface area contributed by atoms with Gasteiger partial charge in [0.2, 0.25) is 0 Å². The van der Waals surface area contributed by atoms with Crippen LogP contribution in [0.5, 0.6) is 0 Å². The lowest BCUT2D eigenvalue weighted by Gasteiger charge is -2.02. The van der Waals surface area contributed by atoms with E-state index >= 15 is 0 Å². The van der Waals surface area contributed by atoms with Crippen molar-refractivity contribution < 1.29 is 4.79 Å². The van der Waals surface area contributed by atoms with Crippen molar-refractivity contribution in [2.45, 2.75) is 25.7 Å². The number of nitrogens with one attached hydrogen (secondary N) is 1. The highest BCUT2D eigenvalue weighted by atomic mass is 32.2. The molecule has 1 aromatic rings. The molecule has 0 spiro atoms. The number of amides is 1. The van der Waals surface area contributed by atoms with Gasteiger partial charge in [-0.2, -0.15) is 11.8 Å². The Kier molecular flexibility index (Phi) is 8.04. The first-order valence-corrected chi connectivity index (χ1v) is 8.47. The minimum absolute atomic E-state index is 0.0700. The number of thioether (sulfide) groups is 1. The Labute approximate surface area is 117 Å². The number of nitrogens with zero attached hydrogens (tertiary/aromatic N) is 1. The lowest BCUT2D eigenvalue weighted by atomic mass is 10.2. The Bertz CT molecular complexity index is 355. The first-order valence-electron chi connectivity index (χ1n) is 6.19. The third-order valence-electron chi connectivity index (χ3n) is 2.45. The van der Waals surface area contributed by atoms with Crippen LogP contribution >= 0.6 is 23.1 Å². The standard InChI is InChI=1S/C12H21N3OS2/c1-17-8-4-2-3-7-14-12(16)10-9-18-11(15-10)5-6-13/h9H,2-8,13H2,1H3,(H,14,16). The fourth-order valence-corrected chi connectivity index (χ4v) is 2.78. The van der Waals surface area contributed by atoms with E-state index in [1.807, 2.05) is 11.8 Å². The Morgan fingerprint density at radius 2 is 2.33 bits per heavy atom. The summed E-state index contributed by atoms with van der Waals surface area (Å²) in [6, 6.07) is 0. The van der Waals surface area contributed by atoms with Crippen molar-refractivity contribution in [1.82, 2.24) is 10.3 Å². The largest absolute Gasteiger partial charge is 0.351 e. The van der Waals surface area contributed by atoms with Gasteiger partial charge in [-0.25, -0.2) is 4.98 Å². The molecule has 1 heterocycles. The number of carbonyl (C=O) groups is 1. The summed E-state index contributed by atoms with van der Waals surface area (Å²) in [5.41, 5.74) is 5.97. The number of thiazole rings is 1. The van der Waals surface area contributed by atoms with E-state index in [1.54, 1.807) is 5.38 Å². The summed E-state index contributed by atoms with van der Waals surface area (Å²) in [7, 11) is 0. The average molecular weight is 287 g/mol. The summed E-state index contributed by atoms with van der Waals surface area (Å²) in [6.45, 7) is 1.31. The topological polar surface area (TPSA) is 68.0 Å². The van der Waals surface area contributed by atoms with Crippen LogP contribution in [0.4, 0.5) is 0 Å². The minimum Gasteiger partial charge on any atom is -0.351 e. The van der Waals surface area contributed by atoms with Crippen LogP contribution < -0.4 is 11.1 Å². The minimum atomic E-state index is -0.0700. The van der Waals surface area contributed by atoms with Gasteiger partial charge in [-0.05, 0) is 31.4 Å². The molecule has 1 rings (SSSR count). The zero-order valence-electron chi connectivity index (χ0n) is 10.8. The van der Waals surface area contributed by atoms with Crippen molar-refractivity contribution in [3.05, 3.63) is 16.1 Å². The normalized spacial score (nSPS) is 10.6. The van der Waals surface area contributed by atoms with E-state index in [2.05, 4.69) is 16.6 Å². The quantitative estimate of drug-likeness (QED) is 0.681. The summed E-state index contributed by atoms with van der Waals surface area (Å²) in [5.74, 6) is 1.13. The average Bonchev–Trinajstić information content (AvgIpc) is 2.82. The van der Waals surface area contributed by atoms with Gasteiger partial charge in [-0.3, -0.25) is 4.79 Å². The van der Waals surface area contributed by atoms with Crippen LogP contribution in [0.1, 0.15) is 34.8 Å². The first-order chi connectivity index (χ1) is 8.77. The Balaban J connectivity index is 2.19. The predicted octanol–water partition coefficient (Wildman–Crippen LogP) is 1.91. The summed E-state index contributed by atoms with van der Waals surface area (Å²) in [4.78, 5) is 16.0. The van der Waals surface area contributed by atoms with Gasteiger partial charge in [0.15, 0.2) is 0 Å². The van der Waals surface area contributed by atoms with Gasteiger partial charge < -0.3 is 11.1 Å². The van der Waals surface area contributed by atoms with Crippen LogP contribution in [-0.4, -0.2) is 36.0 Å². The maximum absolute atomic E-state index is 11.7. The van der Waals surface area contributed by atoms with Crippen molar-refractivity contribution in [2.75, 3.05) is 25.1 Å². The Morgan fingerprint density at radius 1 is 1.50 bits per heavy atom. The molecular weight excluding hydrogens is 266 g/mol. The summed E-state index contributed by atoms with van der Waals surface area (Å²) < 4.78 is 0. The smallest absolute Gasteiger partial charge is 0.270 e. The number of rotatable bonds is 9. The Morgan fingerprint density at radius 3 is 3.06 bits per heavy atom. The molecule has 1 aromatic heterocycles. The van der Waals surface area contributed by atoms with Crippen molar-refractivity contribution in [3.63, 3.8) is 0 Å². The number of nitrogens with two attached hydrogens (primary N) is 1. The van der Waals surface area contributed by atoms with Crippen molar-refractivity contribution >= 4 is 29.0 Å². The van der Waals surface area contributed by atoms with Gasteiger partial charge in [-0.15, -0.1) is 11.3 Å². The van der Waals surface area contributed by atoms with Crippen molar-refractivity contribution in [2.24, 2.45) is 5.73 Å². The molecule has 0 aliphatic carbocycles. The molecule has 0 bridgehead atoms. The molecule has 18 heavy (non-hydrogen) atoms. The van der Waals surface area contributed by atoms with Gasteiger partial charge in [0, 0.05) is 18.3 Å². The molecule has 0 aliphatic heterocycles. The molecule has 0 aromatic carbocycles. The van der Waals surface area contributed by atoms with Crippen LogP contribution in [0, 0.1) is 0 Å². The zero-order chi connectivity index (χ0) is 13.2. The molecule has 0 radical (unpaired) electrons. The van der Waals surface area contributed by atoms with Crippen LogP contribution in [0.25, 0.3) is 0 Å². The van der Waals surface area contributed by atoms with E-state index in [1.165, 1.54) is 23.5 Å². The molecule has 0 fully saturated rings. The van der Waals surface area contributed by atoms with Gasteiger partial charge in [0.05, 0.1) is 5.01 Å². The fourth-order valence-electron chi connectivity index (χ4n) is 1.49. The highest BCUT2D eigenvalue weighted by Crippen LogP contribution is 2.10. The molecule has 0 saturated carbocycles. The van der Waals surface area contributed by atoms with E-state index in [4.69, 9.17) is 5.73 Å². The SMILES string of the molecule is CSCCCCCNC(=O)c1csc(CCN)n1. The molecule has 0 atom stereocenters. The lowest BCUT2D eigenvalue weighted by Crippen LogP contribution is -2.24. The fraction of sp³-hybridized carbons (Fsp3) is 0.667. The molecular formula is C12H21N3OS2. The number of carbonyl (C=O) groups excluding carboxylic acids is 1. The summed E-state index contributed by atoms with van der Waals surface area (Å²) in [6.07, 6.45) is 6.27. The monoisotopic (exact) mass is 287 g/mol. The van der Waals surface area contributed by atoms with E-state index in [9.17, 15) is 4.79 Å². The highest BCUT2D eigenvalue weighted by Gasteiger charge is 2.09. The van der Waals surface area contributed by atoms with E-state index in [-0.39, 0.29) is 5.91 Å². The van der Waals surface area contributed by atoms with E-state index in [0.717, 1.165) is 30.8 Å². The van der Waals surface area contributed by atoms with Crippen molar-refractivity contribution in [3.8, 4) is 0 Å². The number of unbranched alkanes of at least 4 members (excludes halogenated alkanes) is 2. The maximum Gasteiger partial charge on any atom is 0.270 e. The van der Waals surface area contributed by atoms with E-state index < -0.39 is 0 Å². The summed E-state index contributed by atoms with van der Waals surface area (Å²) >= 11 is 3.36. The lowest BCUT2D eigenvalue weighted by molar-refractivity contribution is 0.0948. The third kappa shape index (κ3) is 5.84. The molecule has 102 valence electrons. The number of aromatic nitrogens is 1. The second kappa shape index (κ2) is 9.35. The zero-order valence-corrected chi connectivity index (χ0v) is 12.4. The van der Waals surface area contributed by atoms with Gasteiger partial charge >= 0.3 is 0 Å². The van der Waals surface area contributed by atoms with Gasteiger partial charge in [0.1, 0.15) is 5.69 Å². The third-order valence-corrected chi connectivity index (χ3v) is 4.06. The van der Waals surface area contributed by atoms with Crippen molar-refractivity contribution in [1.29, 1.82) is 0 Å². The molecule has 6 heteroatoms. The van der Waals surface area contributed by atoms with Gasteiger partial charge in [-0.1, -0.05) is 6.42 Å². The number of hydrogen-bond donors (Lipinski definition) is 2. The molecule has 3 N–H and O–H groups in total. The molecule has 4 nitrogen and oxygen atoms in total. The molecule has 0 unspecified atom stereocenters. The van der Waals surface area contributed by atoms with E-state index in [0.29, 0.717) is 12.2 Å². The van der Waals surface area contributed by atoms with Crippen LogP contribution in [0.15, 0.2) is 5.38 Å².